The molecular formula is C20H34NO4P. The molecule has 2 atom stereocenters. The maximum Gasteiger partial charge on any atom is 0.352 e. The predicted molar refractivity (Wildman–Crippen MR) is 106 cm³/mol. The molecule has 0 radical (unpaired) electrons. The quantitative estimate of drug-likeness (QED) is 0.540. The van der Waals surface area contributed by atoms with Gasteiger partial charge in [0.05, 0.1) is 19.1 Å². The van der Waals surface area contributed by atoms with Gasteiger partial charge in [0, 0.05) is 0 Å². The van der Waals surface area contributed by atoms with E-state index in [4.69, 9.17) is 9.05 Å². The normalized spacial score (nSPS) is 14.3. The smallest absolute Gasteiger partial charge is 0.341 e. The van der Waals surface area contributed by atoms with E-state index in [2.05, 4.69) is 31.3 Å². The average Bonchev–Trinajstić information content (AvgIpc) is 2.59. The molecule has 0 heterocycles. The van der Waals surface area contributed by atoms with Crippen molar-refractivity contribution in [2.24, 2.45) is 5.92 Å². The highest BCUT2D eigenvalue weighted by Gasteiger charge is 2.36. The Balaban J connectivity index is 2.84. The van der Waals surface area contributed by atoms with Crippen molar-refractivity contribution in [3.05, 3.63) is 35.4 Å². The lowest BCUT2D eigenvalue weighted by atomic mass is 9.96. The van der Waals surface area contributed by atoms with E-state index in [0.717, 1.165) is 12.0 Å². The second-order valence-corrected chi connectivity index (χ2v) is 9.09. The number of rotatable bonds is 11. The molecule has 0 saturated carbocycles. The molecule has 0 aliphatic heterocycles. The Bertz CT molecular complexity index is 590. The van der Waals surface area contributed by atoms with Crippen LogP contribution in [0.2, 0.25) is 0 Å². The number of carbonyl (C=O) groups is 1. The van der Waals surface area contributed by atoms with Gasteiger partial charge in [-0.2, -0.15) is 0 Å². The summed E-state index contributed by atoms with van der Waals surface area (Å²) < 4.78 is 23.7. The van der Waals surface area contributed by atoms with Crippen molar-refractivity contribution in [3.63, 3.8) is 0 Å². The fraction of sp³-hybridized carbons (Fsp3) is 0.650. The Kier molecular flexibility index (Phi) is 9.56. The first-order valence-corrected chi connectivity index (χ1v) is 11.2. The fourth-order valence-electron chi connectivity index (χ4n) is 2.84. The van der Waals surface area contributed by atoms with Crippen LogP contribution in [0.3, 0.4) is 0 Å². The Labute approximate surface area is 158 Å². The summed E-state index contributed by atoms with van der Waals surface area (Å²) in [6.45, 7) is 12.2. The van der Waals surface area contributed by atoms with Gasteiger partial charge < -0.3 is 14.4 Å². The van der Waals surface area contributed by atoms with Gasteiger partial charge in [0.25, 0.3) is 0 Å². The largest absolute Gasteiger partial charge is 0.352 e. The highest BCUT2D eigenvalue weighted by Crippen LogP contribution is 2.53. The van der Waals surface area contributed by atoms with E-state index in [1.54, 1.807) is 13.8 Å². The molecule has 0 fully saturated rings. The molecule has 1 N–H and O–H groups in total. The highest BCUT2D eigenvalue weighted by atomic mass is 31.2. The van der Waals surface area contributed by atoms with Crippen molar-refractivity contribution in [2.75, 3.05) is 13.2 Å². The van der Waals surface area contributed by atoms with E-state index in [-0.39, 0.29) is 25.0 Å². The summed E-state index contributed by atoms with van der Waals surface area (Å²) in [6, 6.07) is 8.13. The van der Waals surface area contributed by atoms with Crippen LogP contribution in [0, 0.1) is 5.92 Å². The minimum Gasteiger partial charge on any atom is -0.341 e. The molecule has 0 aromatic heterocycles. The zero-order valence-electron chi connectivity index (χ0n) is 17.0. The molecule has 0 aliphatic carbocycles. The van der Waals surface area contributed by atoms with Crippen LogP contribution in [-0.4, -0.2) is 24.9 Å². The van der Waals surface area contributed by atoms with E-state index in [1.165, 1.54) is 5.56 Å². The van der Waals surface area contributed by atoms with E-state index in [0.29, 0.717) is 12.3 Å². The monoisotopic (exact) mass is 383 g/mol. The summed E-state index contributed by atoms with van der Waals surface area (Å²) >= 11 is 0. The second kappa shape index (κ2) is 10.9. The van der Waals surface area contributed by atoms with Crippen molar-refractivity contribution in [2.45, 2.75) is 66.1 Å². The van der Waals surface area contributed by atoms with E-state index < -0.39 is 13.4 Å². The zero-order chi connectivity index (χ0) is 19.7. The summed E-state index contributed by atoms with van der Waals surface area (Å²) in [7, 11) is -3.37. The second-order valence-electron chi connectivity index (χ2n) is 6.87. The van der Waals surface area contributed by atoms with Gasteiger partial charge in [0.1, 0.15) is 5.78 Å². The van der Waals surface area contributed by atoms with Crippen LogP contribution >= 0.6 is 7.60 Å². The van der Waals surface area contributed by atoms with Crippen LogP contribution in [0.5, 0.6) is 0 Å². The third-order valence-electron chi connectivity index (χ3n) is 4.21. The summed E-state index contributed by atoms with van der Waals surface area (Å²) in [4.78, 5) is 12.7. The SMILES string of the molecule is CCOP(=O)(OCC)[C@H](CC)NC(=O)[C@@H](C)c1ccc(CC(C)C)cc1. The van der Waals surface area contributed by atoms with E-state index in [1.807, 2.05) is 26.0 Å². The van der Waals surface area contributed by atoms with Gasteiger partial charge in [-0.25, -0.2) is 0 Å². The van der Waals surface area contributed by atoms with Gasteiger partial charge in [-0.05, 0) is 50.7 Å². The average molecular weight is 383 g/mol. The zero-order valence-corrected chi connectivity index (χ0v) is 17.8. The van der Waals surface area contributed by atoms with Crippen molar-refractivity contribution in [3.8, 4) is 0 Å². The molecule has 1 rings (SSSR count). The molecule has 0 bridgehead atoms. The fourth-order valence-corrected chi connectivity index (χ4v) is 4.72. The standard InChI is InChI=1S/C20H34NO4P/c1-7-19(26(23,24-8-2)25-9-3)21-20(22)16(6)18-12-10-17(11-13-18)14-15(4)5/h10-13,15-16,19H,7-9,14H2,1-6H3,(H,21,22)/t16-,19+/m0/s1. The molecule has 0 unspecified atom stereocenters. The molecule has 0 spiro atoms. The number of hydrogen-bond donors (Lipinski definition) is 1. The Hall–Kier alpha value is -1.16. The summed E-state index contributed by atoms with van der Waals surface area (Å²) in [5.74, 6) is -0.558. The van der Waals surface area contributed by atoms with Gasteiger partial charge in [-0.15, -0.1) is 0 Å². The number of amides is 1. The Morgan fingerprint density at radius 3 is 2.00 bits per heavy atom. The summed E-state index contributed by atoms with van der Waals surface area (Å²) in [5, 5.41) is 2.87. The van der Waals surface area contributed by atoms with Crippen LogP contribution < -0.4 is 5.32 Å². The molecule has 1 aromatic carbocycles. The predicted octanol–water partition coefficient (Wildman–Crippen LogP) is 5.11. The molecule has 0 aliphatic rings. The van der Waals surface area contributed by atoms with E-state index >= 15 is 0 Å². The number of benzene rings is 1. The summed E-state index contributed by atoms with van der Waals surface area (Å²) in [6.07, 6.45) is 1.49. The number of carbonyl (C=O) groups excluding carboxylic acids is 1. The van der Waals surface area contributed by atoms with Crippen molar-refractivity contribution < 1.29 is 18.4 Å². The number of nitrogens with one attached hydrogen (secondary N) is 1. The molecule has 1 amide bonds. The van der Waals surface area contributed by atoms with Crippen molar-refractivity contribution in [1.82, 2.24) is 5.32 Å². The lowest BCUT2D eigenvalue weighted by molar-refractivity contribution is -0.122. The lowest BCUT2D eigenvalue weighted by Gasteiger charge is -2.27. The van der Waals surface area contributed by atoms with Crippen LogP contribution in [0.25, 0.3) is 0 Å². The third kappa shape index (κ3) is 6.53. The molecular weight excluding hydrogens is 349 g/mol. The maximum absolute atomic E-state index is 12.9. The molecule has 5 nitrogen and oxygen atoms in total. The molecule has 0 saturated heterocycles. The topological polar surface area (TPSA) is 64.6 Å². The minimum absolute atomic E-state index is 0.173. The Morgan fingerprint density at radius 2 is 1.58 bits per heavy atom. The van der Waals surface area contributed by atoms with Gasteiger partial charge in [0.15, 0.2) is 0 Å². The third-order valence-corrected chi connectivity index (χ3v) is 6.71. The van der Waals surface area contributed by atoms with Gasteiger partial charge in [0.2, 0.25) is 5.91 Å². The first-order chi connectivity index (χ1) is 12.3. The molecule has 26 heavy (non-hydrogen) atoms. The Morgan fingerprint density at radius 1 is 1.04 bits per heavy atom. The van der Waals surface area contributed by atoms with Crippen LogP contribution in [0.4, 0.5) is 0 Å². The van der Waals surface area contributed by atoms with Crippen molar-refractivity contribution >= 4 is 13.5 Å². The van der Waals surface area contributed by atoms with Gasteiger partial charge in [-0.3, -0.25) is 9.36 Å². The highest BCUT2D eigenvalue weighted by molar-refractivity contribution is 7.54. The first-order valence-electron chi connectivity index (χ1n) is 9.55. The van der Waals surface area contributed by atoms with Crippen LogP contribution in [-0.2, 0) is 24.8 Å². The molecule has 1 aromatic rings. The molecule has 6 heteroatoms. The number of hydrogen-bond acceptors (Lipinski definition) is 4. The minimum atomic E-state index is -3.37. The van der Waals surface area contributed by atoms with Crippen molar-refractivity contribution in [1.29, 1.82) is 0 Å². The lowest BCUT2D eigenvalue weighted by Crippen LogP contribution is -2.38. The molecule has 148 valence electrons. The van der Waals surface area contributed by atoms with Crippen LogP contribution in [0.15, 0.2) is 24.3 Å². The van der Waals surface area contributed by atoms with E-state index in [9.17, 15) is 9.36 Å². The van der Waals surface area contributed by atoms with Gasteiger partial charge in [-0.1, -0.05) is 45.0 Å². The van der Waals surface area contributed by atoms with Crippen LogP contribution in [0.1, 0.15) is 65.0 Å². The maximum atomic E-state index is 12.9. The first kappa shape index (κ1) is 22.9. The summed E-state index contributed by atoms with van der Waals surface area (Å²) in [5.41, 5.74) is 2.20. The van der Waals surface area contributed by atoms with Gasteiger partial charge >= 0.3 is 7.60 Å².